The molecule has 2 unspecified atom stereocenters. The third-order valence-corrected chi connectivity index (χ3v) is 4.64. The van der Waals surface area contributed by atoms with Crippen LogP contribution in [0.4, 0.5) is 0 Å². The van der Waals surface area contributed by atoms with Crippen molar-refractivity contribution in [1.29, 1.82) is 0 Å². The summed E-state index contributed by atoms with van der Waals surface area (Å²) in [7, 11) is 0. The average molecular weight is 266 g/mol. The number of amidine groups is 1. The molecule has 0 heterocycles. The minimum Gasteiger partial charge on any atom is -0.387 e. The van der Waals surface area contributed by atoms with E-state index in [1.807, 2.05) is 0 Å². The Morgan fingerprint density at radius 2 is 1.68 bits per heavy atom. The van der Waals surface area contributed by atoms with Crippen molar-refractivity contribution < 1.29 is 0 Å². The summed E-state index contributed by atoms with van der Waals surface area (Å²) >= 11 is 0. The summed E-state index contributed by atoms with van der Waals surface area (Å²) in [4.78, 5) is 4.92. The molecule has 2 atom stereocenters. The van der Waals surface area contributed by atoms with Gasteiger partial charge in [-0.2, -0.15) is 0 Å². The van der Waals surface area contributed by atoms with Crippen LogP contribution in [0.1, 0.15) is 85.5 Å². The van der Waals surface area contributed by atoms with Crippen molar-refractivity contribution in [3.05, 3.63) is 0 Å². The predicted octanol–water partition coefficient (Wildman–Crippen LogP) is 4.92. The van der Waals surface area contributed by atoms with E-state index >= 15 is 0 Å². The third-order valence-electron chi connectivity index (χ3n) is 4.64. The fraction of sp³-hybridized carbons (Fsp3) is 0.941. The van der Waals surface area contributed by atoms with Crippen molar-refractivity contribution in [2.75, 3.05) is 0 Å². The first kappa shape index (κ1) is 16.5. The zero-order chi connectivity index (χ0) is 14.3. The highest BCUT2D eigenvalue weighted by Crippen LogP contribution is 2.48. The van der Waals surface area contributed by atoms with E-state index in [1.54, 1.807) is 0 Å². The second-order valence-corrected chi connectivity index (χ2v) is 6.70. The van der Waals surface area contributed by atoms with E-state index in [0.29, 0.717) is 11.8 Å². The van der Waals surface area contributed by atoms with Gasteiger partial charge in [0.1, 0.15) is 0 Å². The minimum atomic E-state index is 0.226. The Labute approximate surface area is 120 Å². The van der Waals surface area contributed by atoms with Gasteiger partial charge >= 0.3 is 0 Å². The SMILES string of the molecule is CCCCC(C)CC(N)=NC1(C(C)CCCC)CC1. The highest BCUT2D eigenvalue weighted by molar-refractivity contribution is 5.81. The highest BCUT2D eigenvalue weighted by Gasteiger charge is 2.47. The van der Waals surface area contributed by atoms with Gasteiger partial charge in [0, 0.05) is 6.42 Å². The molecule has 1 fully saturated rings. The zero-order valence-corrected chi connectivity index (χ0v) is 13.5. The van der Waals surface area contributed by atoms with Crippen molar-refractivity contribution in [2.24, 2.45) is 22.6 Å². The number of hydrogen-bond donors (Lipinski definition) is 1. The molecule has 1 rings (SSSR count). The molecule has 2 heteroatoms. The molecule has 0 spiro atoms. The molecule has 1 aliphatic rings. The Kier molecular flexibility index (Phi) is 6.88. The molecule has 1 saturated carbocycles. The summed E-state index contributed by atoms with van der Waals surface area (Å²) in [5.74, 6) is 2.30. The van der Waals surface area contributed by atoms with Gasteiger partial charge in [-0.25, -0.2) is 0 Å². The number of rotatable bonds is 10. The van der Waals surface area contributed by atoms with Crippen LogP contribution in [0.15, 0.2) is 4.99 Å². The molecule has 0 radical (unpaired) electrons. The van der Waals surface area contributed by atoms with Crippen molar-refractivity contribution in [3.8, 4) is 0 Å². The van der Waals surface area contributed by atoms with Gasteiger partial charge in [0.25, 0.3) is 0 Å². The molecule has 0 bridgehead atoms. The first-order valence-corrected chi connectivity index (χ1v) is 8.38. The summed E-state index contributed by atoms with van der Waals surface area (Å²) in [5, 5.41) is 0. The van der Waals surface area contributed by atoms with Crippen LogP contribution in [0, 0.1) is 11.8 Å². The van der Waals surface area contributed by atoms with E-state index in [0.717, 1.165) is 12.3 Å². The quantitative estimate of drug-likeness (QED) is 0.442. The molecule has 2 nitrogen and oxygen atoms in total. The average Bonchev–Trinajstić information content (AvgIpc) is 3.14. The lowest BCUT2D eigenvalue weighted by molar-refractivity contribution is 0.398. The van der Waals surface area contributed by atoms with Gasteiger partial charge in [0.15, 0.2) is 0 Å². The van der Waals surface area contributed by atoms with Gasteiger partial charge < -0.3 is 5.73 Å². The zero-order valence-electron chi connectivity index (χ0n) is 13.5. The number of hydrogen-bond acceptors (Lipinski definition) is 1. The number of nitrogens with zero attached hydrogens (tertiary/aromatic N) is 1. The summed E-state index contributed by atoms with van der Waals surface area (Å²) in [5.41, 5.74) is 6.41. The van der Waals surface area contributed by atoms with Crippen LogP contribution in [0.2, 0.25) is 0 Å². The highest BCUT2D eigenvalue weighted by atomic mass is 15.0. The van der Waals surface area contributed by atoms with E-state index in [9.17, 15) is 0 Å². The summed E-state index contributed by atoms with van der Waals surface area (Å²) < 4.78 is 0. The summed E-state index contributed by atoms with van der Waals surface area (Å²) in [6, 6.07) is 0. The lowest BCUT2D eigenvalue weighted by Gasteiger charge is -2.21. The van der Waals surface area contributed by atoms with E-state index < -0.39 is 0 Å². The molecule has 19 heavy (non-hydrogen) atoms. The van der Waals surface area contributed by atoms with Gasteiger partial charge in [-0.1, -0.05) is 59.8 Å². The first-order valence-electron chi connectivity index (χ1n) is 8.38. The van der Waals surface area contributed by atoms with Crippen molar-refractivity contribution in [1.82, 2.24) is 0 Å². The van der Waals surface area contributed by atoms with E-state index in [2.05, 4.69) is 27.7 Å². The van der Waals surface area contributed by atoms with Gasteiger partial charge in [0.2, 0.25) is 0 Å². The van der Waals surface area contributed by atoms with Crippen molar-refractivity contribution in [3.63, 3.8) is 0 Å². The Bertz CT molecular complexity index is 279. The number of aliphatic imine (C=N–C) groups is 1. The maximum atomic E-state index is 6.19. The number of unbranched alkanes of at least 4 members (excludes halogenated alkanes) is 2. The topological polar surface area (TPSA) is 38.4 Å². The Balaban J connectivity index is 2.43. The van der Waals surface area contributed by atoms with Crippen LogP contribution in [0.3, 0.4) is 0 Å². The standard InChI is InChI=1S/C17H34N2/c1-5-7-9-14(3)13-16(18)19-17(11-12-17)15(4)10-8-6-2/h14-15H,5-13H2,1-4H3,(H2,18,19). The molecule has 0 aromatic rings. The minimum absolute atomic E-state index is 0.226. The second kappa shape index (κ2) is 7.91. The van der Waals surface area contributed by atoms with Crippen LogP contribution in [-0.4, -0.2) is 11.4 Å². The maximum absolute atomic E-state index is 6.19. The molecular weight excluding hydrogens is 232 g/mol. The third kappa shape index (κ3) is 5.54. The molecule has 2 N–H and O–H groups in total. The fourth-order valence-corrected chi connectivity index (χ4v) is 2.97. The lowest BCUT2D eigenvalue weighted by Crippen LogP contribution is -2.24. The molecule has 0 saturated heterocycles. The Morgan fingerprint density at radius 1 is 1.11 bits per heavy atom. The predicted molar refractivity (Wildman–Crippen MR) is 85.6 cm³/mol. The van der Waals surface area contributed by atoms with Crippen molar-refractivity contribution in [2.45, 2.75) is 91.0 Å². The van der Waals surface area contributed by atoms with Crippen molar-refractivity contribution >= 4 is 5.84 Å². The second-order valence-electron chi connectivity index (χ2n) is 6.70. The van der Waals surface area contributed by atoms with E-state index in [4.69, 9.17) is 10.7 Å². The van der Waals surface area contributed by atoms with Crippen LogP contribution >= 0.6 is 0 Å². The maximum Gasteiger partial charge on any atom is 0.0946 e. The molecule has 0 amide bonds. The molecular formula is C17H34N2. The molecule has 1 aliphatic carbocycles. The van der Waals surface area contributed by atoms with E-state index in [-0.39, 0.29) is 5.54 Å². The van der Waals surface area contributed by atoms with E-state index in [1.165, 1.54) is 51.4 Å². The largest absolute Gasteiger partial charge is 0.387 e. The van der Waals surface area contributed by atoms with Crippen LogP contribution < -0.4 is 5.73 Å². The first-order chi connectivity index (χ1) is 9.04. The fourth-order valence-electron chi connectivity index (χ4n) is 2.97. The number of nitrogens with two attached hydrogens (primary N) is 1. The van der Waals surface area contributed by atoms with Crippen LogP contribution in [-0.2, 0) is 0 Å². The molecule has 0 aromatic carbocycles. The molecule has 0 aromatic heterocycles. The summed E-state index contributed by atoms with van der Waals surface area (Å²) in [6.45, 7) is 9.18. The van der Waals surface area contributed by atoms with Gasteiger partial charge in [-0.3, -0.25) is 4.99 Å². The van der Waals surface area contributed by atoms with Crippen LogP contribution in [0.25, 0.3) is 0 Å². The van der Waals surface area contributed by atoms with Gasteiger partial charge in [-0.05, 0) is 31.1 Å². The lowest BCUT2D eigenvalue weighted by atomic mass is 9.93. The Hall–Kier alpha value is -0.530. The summed E-state index contributed by atoms with van der Waals surface area (Å²) in [6.07, 6.45) is 11.3. The Morgan fingerprint density at radius 3 is 2.21 bits per heavy atom. The normalized spacial score (nSPS) is 21.2. The molecule has 112 valence electrons. The molecule has 0 aliphatic heterocycles. The van der Waals surface area contributed by atoms with Gasteiger partial charge in [0.05, 0.1) is 11.4 Å². The monoisotopic (exact) mass is 266 g/mol. The smallest absolute Gasteiger partial charge is 0.0946 e. The van der Waals surface area contributed by atoms with Gasteiger partial charge in [-0.15, -0.1) is 0 Å². The van der Waals surface area contributed by atoms with Crippen LogP contribution in [0.5, 0.6) is 0 Å².